The van der Waals surface area contributed by atoms with Crippen LogP contribution in [0.3, 0.4) is 0 Å². The number of amides is 1. The van der Waals surface area contributed by atoms with Gasteiger partial charge >= 0.3 is 6.09 Å². The summed E-state index contributed by atoms with van der Waals surface area (Å²) < 4.78 is 11.6. The molecule has 0 bridgehead atoms. The maximum Gasteiger partial charge on any atom is 0.434 e. The molecule has 0 aliphatic carbocycles. The fourth-order valence-electron chi connectivity index (χ4n) is 1.85. The number of nitrogens with zero attached hydrogens (tertiary/aromatic N) is 1. The zero-order valence-electron chi connectivity index (χ0n) is 17.6. The third kappa shape index (κ3) is 7.89. The first-order valence-electron chi connectivity index (χ1n) is 9.13. The summed E-state index contributed by atoms with van der Waals surface area (Å²) in [6, 6.07) is 9.75. The van der Waals surface area contributed by atoms with Crippen molar-refractivity contribution >= 4 is 14.4 Å². The van der Waals surface area contributed by atoms with Crippen molar-refractivity contribution in [2.24, 2.45) is 0 Å². The molecule has 0 heterocycles. The topological polar surface area (TPSA) is 48.0 Å². The molecule has 1 aromatic carbocycles. The normalized spacial score (nSPS) is 12.8. The van der Waals surface area contributed by atoms with Gasteiger partial charge in [0.25, 0.3) is 0 Å². The first kappa shape index (κ1) is 22.7. The number of carbonyl (C=O) groups excluding carboxylic acids is 1. The molecule has 0 aliphatic rings. The van der Waals surface area contributed by atoms with Crippen LogP contribution in [0.1, 0.15) is 47.1 Å². The van der Waals surface area contributed by atoms with Crippen LogP contribution in [0.4, 0.5) is 4.79 Å². The van der Waals surface area contributed by atoms with E-state index in [4.69, 9.17) is 14.0 Å². The second-order valence-electron chi connectivity index (χ2n) is 8.95. The van der Waals surface area contributed by atoms with Crippen molar-refractivity contribution in [3.8, 4) is 0 Å². The molecule has 0 N–H and O–H groups in total. The van der Waals surface area contributed by atoms with Crippen molar-refractivity contribution in [3.05, 3.63) is 35.9 Å². The maximum atomic E-state index is 12.5. The Morgan fingerprint density at radius 2 is 1.62 bits per heavy atom. The molecule has 0 aliphatic heterocycles. The Morgan fingerprint density at radius 3 is 2.12 bits per heavy atom. The van der Waals surface area contributed by atoms with E-state index in [1.54, 1.807) is 0 Å². The van der Waals surface area contributed by atoms with Gasteiger partial charge in [0.05, 0.1) is 13.2 Å². The third-order valence-corrected chi connectivity index (χ3v) is 8.93. The van der Waals surface area contributed by atoms with Gasteiger partial charge in [-0.15, -0.1) is 0 Å². The highest BCUT2D eigenvalue weighted by atomic mass is 28.4. The van der Waals surface area contributed by atoms with Crippen LogP contribution in [0, 0.1) is 0 Å². The molecular formula is C20H35NO4Si. The van der Waals surface area contributed by atoms with E-state index in [2.05, 4.69) is 33.9 Å². The minimum absolute atomic E-state index is 0.120. The number of rotatable bonds is 7. The quantitative estimate of drug-likeness (QED) is 0.470. The monoisotopic (exact) mass is 381 g/mol. The zero-order valence-corrected chi connectivity index (χ0v) is 18.6. The molecule has 0 fully saturated rings. The smallest absolute Gasteiger partial charge is 0.434 e. The summed E-state index contributed by atoms with van der Waals surface area (Å²) in [6.07, 6.45) is -0.493. The van der Waals surface area contributed by atoms with E-state index in [1.165, 1.54) is 5.06 Å². The van der Waals surface area contributed by atoms with Gasteiger partial charge in [0.15, 0.2) is 8.32 Å². The number of carbonyl (C=O) groups is 1. The molecule has 26 heavy (non-hydrogen) atoms. The van der Waals surface area contributed by atoms with Crippen LogP contribution in [-0.2, 0) is 20.6 Å². The Kier molecular flexibility index (Phi) is 7.86. The molecule has 6 heteroatoms. The fraction of sp³-hybridized carbons (Fsp3) is 0.650. The summed E-state index contributed by atoms with van der Waals surface area (Å²) >= 11 is 0. The average Bonchev–Trinajstić information content (AvgIpc) is 2.48. The van der Waals surface area contributed by atoms with Crippen LogP contribution in [0.15, 0.2) is 30.3 Å². The SMILES string of the molecule is CC(C)(C)OC(=O)N(CCO[Si](C)(C)C(C)(C)C)OCc1ccccc1. The molecule has 0 saturated heterocycles. The van der Waals surface area contributed by atoms with Crippen molar-refractivity contribution < 1.29 is 18.8 Å². The van der Waals surface area contributed by atoms with E-state index in [0.717, 1.165) is 5.56 Å². The minimum Gasteiger partial charge on any atom is -0.442 e. The second-order valence-corrected chi connectivity index (χ2v) is 13.8. The van der Waals surface area contributed by atoms with Gasteiger partial charge in [0, 0.05) is 0 Å². The van der Waals surface area contributed by atoms with Crippen LogP contribution in [0.25, 0.3) is 0 Å². The maximum absolute atomic E-state index is 12.5. The number of hydrogen-bond acceptors (Lipinski definition) is 4. The summed E-state index contributed by atoms with van der Waals surface area (Å²) in [7, 11) is -1.87. The lowest BCUT2D eigenvalue weighted by Crippen LogP contribution is -2.44. The molecule has 1 amide bonds. The van der Waals surface area contributed by atoms with Crippen molar-refractivity contribution in [1.82, 2.24) is 5.06 Å². The zero-order chi connectivity index (χ0) is 20.0. The molecule has 5 nitrogen and oxygen atoms in total. The number of ether oxygens (including phenoxy) is 1. The Hall–Kier alpha value is -1.37. The lowest BCUT2D eigenvalue weighted by atomic mass is 10.2. The lowest BCUT2D eigenvalue weighted by molar-refractivity contribution is -0.159. The Labute approximate surface area is 159 Å². The van der Waals surface area contributed by atoms with Crippen LogP contribution in [0.5, 0.6) is 0 Å². The van der Waals surface area contributed by atoms with Crippen LogP contribution >= 0.6 is 0 Å². The Balaban J connectivity index is 2.69. The van der Waals surface area contributed by atoms with Gasteiger partial charge in [-0.3, -0.25) is 4.84 Å². The fourth-order valence-corrected chi connectivity index (χ4v) is 2.88. The van der Waals surface area contributed by atoms with Gasteiger partial charge in [-0.05, 0) is 44.5 Å². The third-order valence-electron chi connectivity index (χ3n) is 4.39. The highest BCUT2D eigenvalue weighted by Crippen LogP contribution is 2.36. The molecular weight excluding hydrogens is 346 g/mol. The van der Waals surface area contributed by atoms with Crippen LogP contribution in [0.2, 0.25) is 18.1 Å². The molecule has 1 rings (SSSR count). The van der Waals surface area contributed by atoms with E-state index >= 15 is 0 Å². The van der Waals surface area contributed by atoms with Gasteiger partial charge in [-0.25, -0.2) is 4.79 Å². The summed E-state index contributed by atoms with van der Waals surface area (Å²) in [6.45, 7) is 17.5. The predicted octanol–water partition coefficient (Wildman–Crippen LogP) is 5.38. The van der Waals surface area contributed by atoms with Crippen molar-refractivity contribution in [2.75, 3.05) is 13.2 Å². The van der Waals surface area contributed by atoms with Gasteiger partial charge in [-0.1, -0.05) is 51.1 Å². The highest BCUT2D eigenvalue weighted by Gasteiger charge is 2.37. The van der Waals surface area contributed by atoms with Crippen molar-refractivity contribution in [1.29, 1.82) is 0 Å². The molecule has 0 atom stereocenters. The second kappa shape index (κ2) is 9.02. The van der Waals surface area contributed by atoms with E-state index in [1.807, 2.05) is 51.1 Å². The predicted molar refractivity (Wildman–Crippen MR) is 107 cm³/mol. The first-order valence-corrected chi connectivity index (χ1v) is 12.0. The average molecular weight is 382 g/mol. The highest BCUT2D eigenvalue weighted by molar-refractivity contribution is 6.74. The van der Waals surface area contributed by atoms with Gasteiger partial charge in [-0.2, -0.15) is 5.06 Å². The summed E-state index contributed by atoms with van der Waals surface area (Å²) in [5.74, 6) is 0. The molecule has 0 spiro atoms. The Bertz CT molecular complexity index is 561. The molecule has 0 saturated carbocycles. The Morgan fingerprint density at radius 1 is 1.04 bits per heavy atom. The van der Waals surface area contributed by atoms with Crippen LogP contribution < -0.4 is 0 Å². The van der Waals surface area contributed by atoms with Gasteiger partial charge in [0.2, 0.25) is 0 Å². The van der Waals surface area contributed by atoms with Crippen molar-refractivity contribution in [2.45, 2.75) is 71.9 Å². The molecule has 0 radical (unpaired) electrons. The van der Waals surface area contributed by atoms with Crippen molar-refractivity contribution in [3.63, 3.8) is 0 Å². The van der Waals surface area contributed by atoms with E-state index < -0.39 is 20.0 Å². The summed E-state index contributed by atoms with van der Waals surface area (Å²) in [5, 5.41) is 1.39. The summed E-state index contributed by atoms with van der Waals surface area (Å²) in [5.41, 5.74) is 0.414. The molecule has 0 aromatic heterocycles. The summed E-state index contributed by atoms with van der Waals surface area (Å²) in [4.78, 5) is 18.2. The van der Waals surface area contributed by atoms with E-state index in [0.29, 0.717) is 19.8 Å². The lowest BCUT2D eigenvalue weighted by Gasteiger charge is -2.36. The van der Waals surface area contributed by atoms with Gasteiger partial charge in [0.1, 0.15) is 12.2 Å². The van der Waals surface area contributed by atoms with E-state index in [9.17, 15) is 4.79 Å². The minimum atomic E-state index is -1.87. The van der Waals surface area contributed by atoms with Gasteiger partial charge < -0.3 is 9.16 Å². The standard InChI is InChI=1S/C20H35NO4Si/c1-19(2,3)25-18(22)21(23-16-17-12-10-9-11-13-17)14-15-24-26(7,8)20(4,5)6/h9-13H,14-16H2,1-8H3. The first-order chi connectivity index (χ1) is 11.8. The largest absolute Gasteiger partial charge is 0.442 e. The van der Waals surface area contributed by atoms with E-state index in [-0.39, 0.29) is 5.04 Å². The number of hydrogen-bond donors (Lipinski definition) is 0. The van der Waals surface area contributed by atoms with Crippen LogP contribution in [-0.4, -0.2) is 38.2 Å². The molecule has 0 unspecified atom stereocenters. The molecule has 148 valence electrons. The number of benzene rings is 1. The number of hydroxylamine groups is 2. The molecule has 1 aromatic rings.